The molecule has 0 bridgehead atoms. The summed E-state index contributed by atoms with van der Waals surface area (Å²) >= 11 is 0. The number of hydrogen-bond acceptors (Lipinski definition) is 5. The van der Waals surface area contributed by atoms with Crippen molar-refractivity contribution in [2.24, 2.45) is 5.73 Å². The van der Waals surface area contributed by atoms with E-state index < -0.39 is 18.2 Å². The third-order valence-corrected chi connectivity index (χ3v) is 2.36. The van der Waals surface area contributed by atoms with Crippen LogP contribution in [0.5, 0.6) is 5.88 Å². The average Bonchev–Trinajstić information content (AvgIpc) is 2.26. The summed E-state index contributed by atoms with van der Waals surface area (Å²) < 4.78 is 45.5. The van der Waals surface area contributed by atoms with E-state index >= 15 is 0 Å². The van der Waals surface area contributed by atoms with Crippen molar-refractivity contribution in [2.45, 2.75) is 33.2 Å². The van der Waals surface area contributed by atoms with Gasteiger partial charge in [0, 0.05) is 17.8 Å². The van der Waals surface area contributed by atoms with Gasteiger partial charge in [-0.25, -0.2) is 4.98 Å². The predicted octanol–water partition coefficient (Wildman–Crippen LogP) is 1.85. The summed E-state index contributed by atoms with van der Waals surface area (Å²) in [6.07, 6.45) is -5.05. The number of halogens is 3. The molecule has 8 heteroatoms. The van der Waals surface area contributed by atoms with E-state index in [1.807, 2.05) is 0 Å². The van der Waals surface area contributed by atoms with Crippen LogP contribution >= 0.6 is 0 Å². The number of pyridine rings is 1. The van der Waals surface area contributed by atoms with Crippen LogP contribution in [0, 0.1) is 6.92 Å². The minimum absolute atomic E-state index is 0.0426. The van der Waals surface area contributed by atoms with E-state index in [1.54, 1.807) is 6.92 Å². The summed E-state index contributed by atoms with van der Waals surface area (Å²) in [7, 11) is 0. The maximum absolute atomic E-state index is 12.3. The van der Waals surface area contributed by atoms with Gasteiger partial charge in [-0.2, -0.15) is 0 Å². The summed E-state index contributed by atoms with van der Waals surface area (Å²) in [6.45, 7) is 3.09. The maximum Gasteiger partial charge on any atom is 0.574 e. The molecule has 0 aliphatic rings. The Bertz CT molecular complexity index is 490. The fourth-order valence-electron chi connectivity index (χ4n) is 1.67. The topological polar surface area (TPSA) is 74.4 Å². The van der Waals surface area contributed by atoms with E-state index in [0.717, 1.165) is 0 Å². The first-order valence-electron chi connectivity index (χ1n) is 5.87. The number of carbonyl (C=O) groups is 1. The van der Waals surface area contributed by atoms with Crippen molar-refractivity contribution < 1.29 is 27.4 Å². The van der Waals surface area contributed by atoms with Crippen molar-refractivity contribution in [3.63, 3.8) is 0 Å². The van der Waals surface area contributed by atoms with Crippen molar-refractivity contribution in [3.8, 4) is 5.88 Å². The predicted molar refractivity (Wildman–Crippen MR) is 63.9 cm³/mol. The third kappa shape index (κ3) is 4.69. The highest BCUT2D eigenvalue weighted by atomic mass is 19.4. The molecule has 112 valence electrons. The van der Waals surface area contributed by atoms with E-state index in [0.29, 0.717) is 11.3 Å². The number of ether oxygens (including phenoxy) is 2. The Balaban J connectivity index is 3.13. The van der Waals surface area contributed by atoms with Gasteiger partial charge >= 0.3 is 12.3 Å². The Morgan fingerprint density at radius 3 is 2.60 bits per heavy atom. The number of carbonyl (C=O) groups excluding carboxylic acids is 1. The van der Waals surface area contributed by atoms with Crippen LogP contribution < -0.4 is 10.5 Å². The molecule has 0 saturated carbocycles. The molecule has 0 aliphatic carbocycles. The average molecular weight is 292 g/mol. The van der Waals surface area contributed by atoms with Crippen LogP contribution in [-0.2, 0) is 22.5 Å². The normalized spacial score (nSPS) is 11.3. The van der Waals surface area contributed by atoms with E-state index in [9.17, 15) is 18.0 Å². The van der Waals surface area contributed by atoms with Crippen molar-refractivity contribution in [1.82, 2.24) is 4.98 Å². The molecule has 0 fully saturated rings. The SMILES string of the molecule is CCOC(=O)Cc1cc(C)nc(OC(F)(F)F)c1CN. The van der Waals surface area contributed by atoms with Gasteiger partial charge in [0.15, 0.2) is 0 Å². The first-order chi connectivity index (χ1) is 9.26. The molecule has 1 aromatic rings. The zero-order valence-corrected chi connectivity index (χ0v) is 11.1. The summed E-state index contributed by atoms with van der Waals surface area (Å²) in [5.74, 6) is -1.18. The molecule has 0 atom stereocenters. The van der Waals surface area contributed by atoms with E-state index in [1.165, 1.54) is 13.0 Å². The Morgan fingerprint density at radius 2 is 2.10 bits per heavy atom. The zero-order valence-electron chi connectivity index (χ0n) is 11.1. The van der Waals surface area contributed by atoms with Crippen LogP contribution in [0.4, 0.5) is 13.2 Å². The highest BCUT2D eigenvalue weighted by Gasteiger charge is 2.33. The molecule has 0 saturated heterocycles. The summed E-state index contributed by atoms with van der Waals surface area (Å²) in [4.78, 5) is 15.1. The number of aromatic nitrogens is 1. The fourth-order valence-corrected chi connectivity index (χ4v) is 1.67. The molecule has 1 aromatic heterocycles. The minimum Gasteiger partial charge on any atom is -0.466 e. The molecule has 20 heavy (non-hydrogen) atoms. The zero-order chi connectivity index (χ0) is 15.3. The molecule has 2 N–H and O–H groups in total. The largest absolute Gasteiger partial charge is 0.574 e. The fraction of sp³-hybridized carbons (Fsp3) is 0.500. The molecule has 0 amide bonds. The van der Waals surface area contributed by atoms with Gasteiger partial charge in [-0.15, -0.1) is 13.2 Å². The monoisotopic (exact) mass is 292 g/mol. The van der Waals surface area contributed by atoms with Crippen molar-refractivity contribution in [1.29, 1.82) is 0 Å². The molecule has 5 nitrogen and oxygen atoms in total. The second-order valence-electron chi connectivity index (χ2n) is 3.94. The van der Waals surface area contributed by atoms with Crippen LogP contribution in [-0.4, -0.2) is 23.9 Å². The Kier molecular flexibility index (Phi) is 5.32. The second-order valence-corrected chi connectivity index (χ2v) is 3.94. The highest BCUT2D eigenvalue weighted by molar-refractivity contribution is 5.73. The van der Waals surface area contributed by atoms with Crippen LogP contribution in [0.2, 0.25) is 0 Å². The number of esters is 1. The molecule has 1 heterocycles. The number of nitrogens with two attached hydrogens (primary N) is 1. The van der Waals surface area contributed by atoms with Gasteiger partial charge in [0.1, 0.15) is 0 Å². The molecule has 0 radical (unpaired) electrons. The van der Waals surface area contributed by atoms with Crippen molar-refractivity contribution >= 4 is 5.97 Å². The molecule has 0 aliphatic heterocycles. The number of aryl methyl sites for hydroxylation is 1. The number of hydrogen-bond donors (Lipinski definition) is 1. The highest BCUT2D eigenvalue weighted by Crippen LogP contribution is 2.27. The maximum atomic E-state index is 12.3. The molecular formula is C12H15F3N2O3. The second kappa shape index (κ2) is 6.56. The Hall–Kier alpha value is -1.83. The van der Waals surface area contributed by atoms with E-state index in [4.69, 9.17) is 10.5 Å². The van der Waals surface area contributed by atoms with E-state index in [-0.39, 0.29) is 25.1 Å². The number of alkyl halides is 3. The minimum atomic E-state index is -4.87. The smallest absolute Gasteiger partial charge is 0.466 e. The van der Waals surface area contributed by atoms with Gasteiger partial charge in [0.05, 0.1) is 13.0 Å². The molecule has 0 aromatic carbocycles. The van der Waals surface area contributed by atoms with Crippen LogP contribution in [0.1, 0.15) is 23.7 Å². The first-order valence-corrected chi connectivity index (χ1v) is 5.87. The first kappa shape index (κ1) is 16.2. The Labute approximate surface area is 113 Å². The van der Waals surface area contributed by atoms with Gasteiger partial charge in [0.2, 0.25) is 5.88 Å². The standard InChI is InChI=1S/C12H15F3N2O3/c1-3-19-10(18)5-8-4-7(2)17-11(9(8)6-16)20-12(13,14)15/h4H,3,5-6,16H2,1-2H3. The lowest BCUT2D eigenvalue weighted by Crippen LogP contribution is -2.21. The molecule has 1 rings (SSSR count). The lowest BCUT2D eigenvalue weighted by molar-refractivity contribution is -0.276. The summed E-state index contributed by atoms with van der Waals surface area (Å²) in [5, 5.41) is 0. The summed E-state index contributed by atoms with van der Waals surface area (Å²) in [5.41, 5.74) is 6.08. The summed E-state index contributed by atoms with van der Waals surface area (Å²) in [6, 6.07) is 1.49. The Morgan fingerprint density at radius 1 is 1.45 bits per heavy atom. The van der Waals surface area contributed by atoms with Crippen LogP contribution in [0.25, 0.3) is 0 Å². The third-order valence-electron chi connectivity index (χ3n) is 2.36. The number of rotatable bonds is 5. The van der Waals surface area contributed by atoms with E-state index in [2.05, 4.69) is 9.72 Å². The van der Waals surface area contributed by atoms with Gasteiger partial charge in [0.25, 0.3) is 0 Å². The van der Waals surface area contributed by atoms with Gasteiger partial charge in [-0.3, -0.25) is 4.79 Å². The van der Waals surface area contributed by atoms with Crippen molar-refractivity contribution in [2.75, 3.05) is 6.61 Å². The van der Waals surface area contributed by atoms with Crippen LogP contribution in [0.15, 0.2) is 6.07 Å². The molecule has 0 unspecified atom stereocenters. The lowest BCUT2D eigenvalue weighted by Gasteiger charge is -2.15. The van der Waals surface area contributed by atoms with Gasteiger partial charge in [-0.05, 0) is 25.5 Å². The van der Waals surface area contributed by atoms with Crippen LogP contribution in [0.3, 0.4) is 0 Å². The lowest BCUT2D eigenvalue weighted by atomic mass is 10.1. The molecule has 0 spiro atoms. The quantitative estimate of drug-likeness (QED) is 0.838. The van der Waals surface area contributed by atoms with Crippen molar-refractivity contribution in [3.05, 3.63) is 22.9 Å². The van der Waals surface area contributed by atoms with Gasteiger partial charge in [-0.1, -0.05) is 0 Å². The van der Waals surface area contributed by atoms with Gasteiger partial charge < -0.3 is 15.2 Å². The molecular weight excluding hydrogens is 277 g/mol. The number of nitrogens with zero attached hydrogens (tertiary/aromatic N) is 1.